The fraction of sp³-hybridized carbons (Fsp3) is 0.389. The van der Waals surface area contributed by atoms with Crippen molar-refractivity contribution in [3.8, 4) is 0 Å². The van der Waals surface area contributed by atoms with E-state index in [2.05, 4.69) is 56.7 Å². The van der Waals surface area contributed by atoms with Gasteiger partial charge in [-0.3, -0.25) is 0 Å². The normalized spacial score (nSPS) is 12.3. The van der Waals surface area contributed by atoms with Crippen LogP contribution in [0.3, 0.4) is 0 Å². The van der Waals surface area contributed by atoms with Gasteiger partial charge in [0.25, 0.3) is 0 Å². The minimum absolute atomic E-state index is 0. The summed E-state index contributed by atoms with van der Waals surface area (Å²) in [5.41, 5.74) is 12.3. The molecule has 0 heterocycles. The van der Waals surface area contributed by atoms with Crippen molar-refractivity contribution in [3.05, 3.63) is 65.3 Å². The molecule has 1 nitrogen and oxygen atoms in total. The average Bonchev–Trinajstić information content (AvgIpc) is 2.73. The van der Waals surface area contributed by atoms with E-state index in [0.717, 1.165) is 6.42 Å². The second-order valence-electron chi connectivity index (χ2n) is 5.89. The first-order valence-electron chi connectivity index (χ1n) is 6.83. The second-order valence-corrected chi connectivity index (χ2v) is 5.89. The molecule has 0 saturated carbocycles. The van der Waals surface area contributed by atoms with Crippen LogP contribution in [0.4, 0.5) is 0 Å². The third-order valence-electron chi connectivity index (χ3n) is 2.76. The number of benzene rings is 1. The Morgan fingerprint density at radius 3 is 2.00 bits per heavy atom. The molecule has 1 aromatic carbocycles. The molecule has 0 aliphatic heterocycles. The van der Waals surface area contributed by atoms with Crippen molar-refractivity contribution in [3.63, 3.8) is 0 Å². The van der Waals surface area contributed by atoms with Gasteiger partial charge < -0.3 is 30.5 Å². The van der Waals surface area contributed by atoms with E-state index >= 15 is 0 Å². The number of hydrogen-bond donors (Lipinski definition) is 0. The molecule has 0 spiro atoms. The van der Waals surface area contributed by atoms with Crippen molar-refractivity contribution in [2.75, 3.05) is 0 Å². The van der Waals surface area contributed by atoms with E-state index in [-0.39, 0.29) is 52.1 Å². The van der Waals surface area contributed by atoms with Crippen LogP contribution in [0.15, 0.2) is 42.0 Å². The zero-order valence-electron chi connectivity index (χ0n) is 14.0. The summed E-state index contributed by atoms with van der Waals surface area (Å²) >= 11 is 0. The maximum absolute atomic E-state index is 6.94. The van der Waals surface area contributed by atoms with Crippen LogP contribution in [-0.2, 0) is 21.7 Å². The summed E-state index contributed by atoms with van der Waals surface area (Å²) in [5, 5.41) is 0. The van der Waals surface area contributed by atoms with E-state index in [4.69, 9.17) is 5.73 Å². The smallest absolute Gasteiger partial charge is 1.00 e. The molecule has 4 heteroatoms. The quantitative estimate of drug-likeness (QED) is 0.508. The number of halogens is 2. The number of nitrogens with one attached hydrogen (secondary N) is 1. The molecule has 1 aliphatic carbocycles. The first kappa shape index (κ1) is 26.7. The van der Waals surface area contributed by atoms with E-state index in [1.54, 1.807) is 0 Å². The van der Waals surface area contributed by atoms with Crippen LogP contribution >= 0.6 is 0 Å². The van der Waals surface area contributed by atoms with Gasteiger partial charge in [0, 0.05) is 0 Å². The summed E-state index contributed by atoms with van der Waals surface area (Å²) in [6.45, 7) is 9.84. The summed E-state index contributed by atoms with van der Waals surface area (Å²) in [5.74, 6) is 0. The van der Waals surface area contributed by atoms with Crippen molar-refractivity contribution in [2.24, 2.45) is 0 Å². The van der Waals surface area contributed by atoms with Gasteiger partial charge in [0.15, 0.2) is 0 Å². The molecule has 0 aromatic heterocycles. The SMILES string of the molecule is CC(C)(C)[NH-].C[CH-]c1ccccc1C1=C(C)C=CC1.[Cl-].[Cl-].[Ti+2]. The molecule has 0 fully saturated rings. The van der Waals surface area contributed by atoms with E-state index in [1.807, 2.05) is 20.8 Å². The molecule has 0 saturated heterocycles. The Labute approximate surface area is 163 Å². The van der Waals surface area contributed by atoms with Crippen LogP contribution in [0.5, 0.6) is 0 Å². The Morgan fingerprint density at radius 2 is 1.59 bits per heavy atom. The van der Waals surface area contributed by atoms with Crippen molar-refractivity contribution >= 4 is 5.57 Å². The Kier molecular flexibility index (Phi) is 14.9. The third kappa shape index (κ3) is 9.76. The van der Waals surface area contributed by atoms with Gasteiger partial charge >= 0.3 is 21.7 Å². The second kappa shape index (κ2) is 12.3. The van der Waals surface area contributed by atoms with Crippen molar-refractivity contribution in [1.82, 2.24) is 0 Å². The minimum Gasteiger partial charge on any atom is -1.00 e. The van der Waals surface area contributed by atoms with E-state index in [9.17, 15) is 0 Å². The predicted octanol–water partition coefficient (Wildman–Crippen LogP) is -0.165. The number of allylic oxidation sites excluding steroid dienone is 4. The Hall–Kier alpha value is -0.176. The monoisotopic (exact) mass is 373 g/mol. The third-order valence-corrected chi connectivity index (χ3v) is 2.76. The molecule has 0 amide bonds. The molecule has 0 radical (unpaired) electrons. The first-order valence-corrected chi connectivity index (χ1v) is 6.83. The van der Waals surface area contributed by atoms with Crippen LogP contribution in [0.1, 0.15) is 52.2 Å². The summed E-state index contributed by atoms with van der Waals surface area (Å²) < 4.78 is 0. The van der Waals surface area contributed by atoms with E-state index < -0.39 is 0 Å². The molecule has 2 rings (SSSR count). The molecule has 1 aromatic rings. The summed E-state index contributed by atoms with van der Waals surface area (Å²) in [6, 6.07) is 8.59. The Bertz CT molecular complexity index is 482. The van der Waals surface area contributed by atoms with Gasteiger partial charge in [0.2, 0.25) is 0 Å². The summed E-state index contributed by atoms with van der Waals surface area (Å²) in [6.07, 6.45) is 7.70. The van der Waals surface area contributed by atoms with Gasteiger partial charge in [0.1, 0.15) is 0 Å². The number of hydrogen-bond acceptors (Lipinski definition) is 0. The summed E-state index contributed by atoms with van der Waals surface area (Å²) in [4.78, 5) is 0. The van der Waals surface area contributed by atoms with E-state index in [1.165, 1.54) is 22.3 Å². The van der Waals surface area contributed by atoms with Crippen LogP contribution in [0.2, 0.25) is 0 Å². The molecule has 22 heavy (non-hydrogen) atoms. The zero-order chi connectivity index (χ0) is 14.5. The minimum atomic E-state index is -0.250. The van der Waals surface area contributed by atoms with Gasteiger partial charge in [-0.05, 0) is 13.3 Å². The topological polar surface area (TPSA) is 23.8 Å². The molecular weight excluding hydrogens is 349 g/mol. The Balaban J connectivity index is -0.000000401. The molecule has 0 atom stereocenters. The van der Waals surface area contributed by atoms with Crippen LogP contribution in [-0.4, -0.2) is 5.54 Å². The zero-order valence-corrected chi connectivity index (χ0v) is 17.1. The van der Waals surface area contributed by atoms with Gasteiger partial charge in [0.05, 0.1) is 0 Å². The summed E-state index contributed by atoms with van der Waals surface area (Å²) in [7, 11) is 0. The van der Waals surface area contributed by atoms with Crippen molar-refractivity contribution in [2.45, 2.75) is 46.6 Å². The molecule has 1 aliphatic rings. The average molecular weight is 374 g/mol. The van der Waals surface area contributed by atoms with Crippen LogP contribution in [0.25, 0.3) is 11.3 Å². The van der Waals surface area contributed by atoms with E-state index in [0.29, 0.717) is 0 Å². The molecule has 122 valence electrons. The maximum Gasteiger partial charge on any atom is 2.00 e. The predicted molar refractivity (Wildman–Crippen MR) is 85.9 cm³/mol. The molecule has 1 N–H and O–H groups in total. The maximum atomic E-state index is 6.94. The standard InChI is InChI=1S/C14H15.C4H10N.2ClH.Ti/c1-3-12-8-4-5-9-14(12)13-10-6-7-11(13)2;1-4(2,3)5;;;/h3-9H,10H2,1-2H3;5H,1-3H3;2*1H;/q2*-1;;;+2/p-2. The van der Waals surface area contributed by atoms with Gasteiger partial charge in [-0.1, -0.05) is 57.1 Å². The largest absolute Gasteiger partial charge is 2.00 e. The van der Waals surface area contributed by atoms with Gasteiger partial charge in [-0.15, -0.1) is 23.2 Å². The van der Waals surface area contributed by atoms with Crippen molar-refractivity contribution < 1.29 is 46.5 Å². The van der Waals surface area contributed by atoms with Gasteiger partial charge in [-0.2, -0.15) is 18.1 Å². The first-order chi connectivity index (χ1) is 8.83. The van der Waals surface area contributed by atoms with Crippen LogP contribution in [0, 0.1) is 6.42 Å². The molecule has 0 unspecified atom stereocenters. The molecule has 0 bridgehead atoms. The van der Waals surface area contributed by atoms with Gasteiger partial charge in [-0.25, -0.2) is 0 Å². The fourth-order valence-electron chi connectivity index (χ4n) is 1.96. The van der Waals surface area contributed by atoms with Crippen molar-refractivity contribution in [1.29, 1.82) is 0 Å². The number of rotatable bonds is 2. The Morgan fingerprint density at radius 1 is 1.09 bits per heavy atom. The molecular formula is C18H25Cl2NTi-2. The fourth-order valence-corrected chi connectivity index (χ4v) is 1.96. The van der Waals surface area contributed by atoms with Crippen LogP contribution < -0.4 is 24.8 Å².